The van der Waals surface area contributed by atoms with E-state index in [1.165, 1.54) is 22.5 Å². The van der Waals surface area contributed by atoms with Gasteiger partial charge in [-0.1, -0.05) is 23.8 Å². The Bertz CT molecular complexity index is 1020. The lowest BCUT2D eigenvalue weighted by molar-refractivity contribution is -0.0857. The Morgan fingerprint density at radius 1 is 1.07 bits per heavy atom. The van der Waals surface area contributed by atoms with Crippen LogP contribution in [0.3, 0.4) is 0 Å². The highest BCUT2D eigenvalue weighted by Crippen LogP contribution is 2.38. The summed E-state index contributed by atoms with van der Waals surface area (Å²) in [5.41, 5.74) is 0.334. The molecule has 29 heavy (non-hydrogen) atoms. The number of nitrogens with zero attached hydrogens (tertiary/aromatic N) is 2. The molecule has 2 heterocycles. The van der Waals surface area contributed by atoms with E-state index >= 15 is 0 Å². The Balaban J connectivity index is 1.52. The molecule has 1 spiro atoms. The van der Waals surface area contributed by atoms with Crippen LogP contribution in [-0.4, -0.2) is 55.5 Å². The third-order valence-electron chi connectivity index (χ3n) is 5.63. The molecule has 0 aliphatic carbocycles. The average molecular weight is 418 g/mol. The van der Waals surface area contributed by atoms with Crippen molar-refractivity contribution in [3.63, 3.8) is 0 Å². The summed E-state index contributed by atoms with van der Waals surface area (Å²) in [6.07, 6.45) is 0.748. The lowest BCUT2D eigenvalue weighted by Gasteiger charge is -2.42. The number of amides is 1. The zero-order valence-electron chi connectivity index (χ0n) is 16.2. The van der Waals surface area contributed by atoms with E-state index in [1.54, 1.807) is 35.2 Å². The summed E-state index contributed by atoms with van der Waals surface area (Å²) in [5, 5.41) is 0. The highest BCUT2D eigenvalue weighted by Gasteiger charge is 2.51. The van der Waals surface area contributed by atoms with Gasteiger partial charge >= 0.3 is 0 Å². The lowest BCUT2D eigenvalue weighted by atomic mass is 10.00. The van der Waals surface area contributed by atoms with Gasteiger partial charge in [0.05, 0.1) is 11.5 Å². The van der Waals surface area contributed by atoms with Gasteiger partial charge in [-0.3, -0.25) is 4.79 Å². The second-order valence-electron chi connectivity index (χ2n) is 7.49. The minimum Gasteiger partial charge on any atom is -0.358 e. The van der Waals surface area contributed by atoms with Gasteiger partial charge < -0.3 is 9.64 Å². The molecule has 1 amide bonds. The van der Waals surface area contributed by atoms with E-state index in [0.717, 1.165) is 5.56 Å². The van der Waals surface area contributed by atoms with Gasteiger partial charge in [0.15, 0.2) is 0 Å². The number of carbonyl (C=O) groups is 1. The van der Waals surface area contributed by atoms with Crippen molar-refractivity contribution in [2.45, 2.75) is 30.4 Å². The topological polar surface area (TPSA) is 66.9 Å². The molecule has 0 unspecified atom stereocenters. The average Bonchev–Trinajstić information content (AvgIpc) is 3.12. The maximum absolute atomic E-state index is 13.4. The fourth-order valence-electron chi connectivity index (χ4n) is 4.03. The van der Waals surface area contributed by atoms with Gasteiger partial charge in [-0.15, -0.1) is 0 Å². The molecule has 2 fully saturated rings. The Kier molecular flexibility index (Phi) is 5.18. The molecule has 0 bridgehead atoms. The first-order chi connectivity index (χ1) is 13.8. The van der Waals surface area contributed by atoms with Crippen molar-refractivity contribution in [2.75, 3.05) is 26.2 Å². The molecule has 0 saturated carbocycles. The molecular formula is C21H23FN2O4S. The molecule has 8 heteroatoms. The second kappa shape index (κ2) is 7.51. The van der Waals surface area contributed by atoms with Gasteiger partial charge in [0.2, 0.25) is 10.0 Å². The van der Waals surface area contributed by atoms with E-state index in [0.29, 0.717) is 32.5 Å². The third-order valence-corrected chi connectivity index (χ3v) is 7.60. The van der Waals surface area contributed by atoms with E-state index in [-0.39, 0.29) is 22.9 Å². The zero-order chi connectivity index (χ0) is 20.6. The summed E-state index contributed by atoms with van der Waals surface area (Å²) < 4.78 is 47.2. The number of ether oxygens (including phenoxy) is 1. The molecule has 154 valence electrons. The Morgan fingerprint density at radius 2 is 1.76 bits per heavy atom. The minimum absolute atomic E-state index is 0.242. The second-order valence-corrected chi connectivity index (χ2v) is 9.35. The largest absolute Gasteiger partial charge is 0.358 e. The SMILES string of the molecule is Cc1ccc(S(=O)(=O)N2CCOC23CCN(C(=O)c2cccc(F)c2)CC3)cc1. The molecular weight excluding hydrogens is 395 g/mol. The van der Waals surface area contributed by atoms with Crippen molar-refractivity contribution in [1.29, 1.82) is 0 Å². The number of sulfonamides is 1. The standard InChI is InChI=1S/C21H23FN2O4S/c1-16-5-7-19(8-6-16)29(26,27)24-13-14-28-21(24)9-11-23(12-10-21)20(25)17-3-2-4-18(22)15-17/h2-8,15H,9-14H2,1H3. The van der Waals surface area contributed by atoms with Crippen molar-refractivity contribution in [3.8, 4) is 0 Å². The number of rotatable bonds is 3. The van der Waals surface area contributed by atoms with E-state index in [2.05, 4.69) is 0 Å². The summed E-state index contributed by atoms with van der Waals surface area (Å²) in [4.78, 5) is 14.5. The van der Waals surface area contributed by atoms with Crippen LogP contribution in [0.25, 0.3) is 0 Å². The zero-order valence-corrected chi connectivity index (χ0v) is 17.0. The number of hydrogen-bond acceptors (Lipinski definition) is 4. The minimum atomic E-state index is -3.70. The number of hydrogen-bond donors (Lipinski definition) is 0. The lowest BCUT2D eigenvalue weighted by Crippen LogP contribution is -2.55. The number of likely N-dealkylation sites (tertiary alicyclic amines) is 1. The van der Waals surface area contributed by atoms with Gasteiger partial charge in [-0.25, -0.2) is 12.8 Å². The Morgan fingerprint density at radius 3 is 2.41 bits per heavy atom. The first-order valence-electron chi connectivity index (χ1n) is 9.60. The summed E-state index contributed by atoms with van der Waals surface area (Å²) in [7, 11) is -3.70. The van der Waals surface area contributed by atoms with E-state index in [9.17, 15) is 17.6 Å². The normalized spacial score (nSPS) is 19.6. The molecule has 2 aliphatic rings. The summed E-state index contributed by atoms with van der Waals surface area (Å²) >= 11 is 0. The first-order valence-corrected chi connectivity index (χ1v) is 11.0. The van der Waals surface area contributed by atoms with Gasteiger partial charge in [-0.2, -0.15) is 4.31 Å². The molecule has 2 saturated heterocycles. The summed E-state index contributed by atoms with van der Waals surface area (Å²) in [5.74, 6) is -0.718. The van der Waals surface area contributed by atoms with Crippen LogP contribution in [0.5, 0.6) is 0 Å². The third kappa shape index (κ3) is 3.68. The summed E-state index contributed by atoms with van der Waals surface area (Å²) in [6, 6.07) is 12.4. The van der Waals surface area contributed by atoms with Gasteiger partial charge in [0.1, 0.15) is 11.5 Å². The maximum atomic E-state index is 13.4. The smallest absolute Gasteiger partial charge is 0.253 e. The van der Waals surface area contributed by atoms with Crippen molar-refractivity contribution >= 4 is 15.9 Å². The van der Waals surface area contributed by atoms with Crippen molar-refractivity contribution in [2.24, 2.45) is 0 Å². The highest BCUT2D eigenvalue weighted by atomic mass is 32.2. The molecule has 4 rings (SSSR count). The van der Waals surface area contributed by atoms with Crippen molar-refractivity contribution in [1.82, 2.24) is 9.21 Å². The number of piperidine rings is 1. The fourth-order valence-corrected chi connectivity index (χ4v) is 5.75. The number of halogens is 1. The van der Waals surface area contributed by atoms with Crippen LogP contribution in [0.4, 0.5) is 4.39 Å². The fraction of sp³-hybridized carbons (Fsp3) is 0.381. The van der Waals surface area contributed by atoms with E-state index < -0.39 is 21.6 Å². The molecule has 2 aromatic rings. The predicted octanol–water partition coefficient (Wildman–Crippen LogP) is 2.79. The maximum Gasteiger partial charge on any atom is 0.253 e. The van der Waals surface area contributed by atoms with Gasteiger partial charge in [-0.05, 0) is 37.3 Å². The van der Waals surface area contributed by atoms with Crippen LogP contribution in [0.2, 0.25) is 0 Å². The van der Waals surface area contributed by atoms with Crippen LogP contribution in [-0.2, 0) is 14.8 Å². The molecule has 0 atom stereocenters. The van der Waals surface area contributed by atoms with Crippen LogP contribution in [0.15, 0.2) is 53.4 Å². The predicted molar refractivity (Wildman–Crippen MR) is 105 cm³/mol. The number of benzene rings is 2. The van der Waals surface area contributed by atoms with E-state index in [4.69, 9.17) is 4.74 Å². The van der Waals surface area contributed by atoms with Crippen LogP contribution < -0.4 is 0 Å². The monoisotopic (exact) mass is 418 g/mol. The van der Waals surface area contributed by atoms with Crippen LogP contribution >= 0.6 is 0 Å². The first kappa shape index (κ1) is 20.0. The van der Waals surface area contributed by atoms with E-state index in [1.807, 2.05) is 6.92 Å². The molecule has 2 aromatic carbocycles. The molecule has 6 nitrogen and oxygen atoms in total. The van der Waals surface area contributed by atoms with Crippen LogP contribution in [0, 0.1) is 12.7 Å². The van der Waals surface area contributed by atoms with Crippen LogP contribution in [0.1, 0.15) is 28.8 Å². The summed E-state index contributed by atoms with van der Waals surface area (Å²) in [6.45, 7) is 3.20. The molecule has 0 aromatic heterocycles. The molecule has 0 N–H and O–H groups in total. The van der Waals surface area contributed by atoms with Crippen molar-refractivity contribution in [3.05, 3.63) is 65.5 Å². The Labute approximate surface area is 169 Å². The van der Waals surface area contributed by atoms with Crippen molar-refractivity contribution < 1.29 is 22.3 Å². The Hall–Kier alpha value is -2.29. The van der Waals surface area contributed by atoms with Gasteiger partial charge in [0, 0.05) is 38.0 Å². The number of aryl methyl sites for hydroxylation is 1. The van der Waals surface area contributed by atoms with Gasteiger partial charge in [0.25, 0.3) is 5.91 Å². The quantitative estimate of drug-likeness (QED) is 0.769. The number of carbonyl (C=O) groups excluding carboxylic acids is 1. The molecule has 2 aliphatic heterocycles. The highest BCUT2D eigenvalue weighted by molar-refractivity contribution is 7.89. The molecule has 0 radical (unpaired) electrons.